The number of aryl methyl sites for hydroxylation is 2. The first kappa shape index (κ1) is 16.9. The average molecular weight is 329 g/mol. The van der Waals surface area contributed by atoms with Gasteiger partial charge in [-0.25, -0.2) is 18.1 Å². The van der Waals surface area contributed by atoms with Crippen molar-refractivity contribution >= 4 is 15.9 Å². The van der Waals surface area contributed by atoms with E-state index in [-0.39, 0.29) is 29.9 Å². The summed E-state index contributed by atoms with van der Waals surface area (Å²) in [4.78, 5) is 17.7. The summed E-state index contributed by atoms with van der Waals surface area (Å²) in [6.07, 6.45) is 2.52. The summed E-state index contributed by atoms with van der Waals surface area (Å²) in [7, 11) is -0.175. The molecule has 1 saturated heterocycles. The Morgan fingerprint density at radius 2 is 2.32 bits per heavy atom. The molecule has 124 valence electrons. The standard InChI is InChI=1S/C13H23N5O3S/c1-10-16-12(9-17(10)2)22(20,21)15-7-5-13(19)18(3)11-4-6-14-8-11/h9,11,14-15H,4-8H2,1-3H3. The first-order chi connectivity index (χ1) is 10.3. The minimum atomic E-state index is -3.67. The first-order valence-electron chi connectivity index (χ1n) is 7.27. The Labute approximate surface area is 130 Å². The third-order valence-corrected chi connectivity index (χ3v) is 5.30. The van der Waals surface area contributed by atoms with Crippen molar-refractivity contribution in [3.05, 3.63) is 12.0 Å². The van der Waals surface area contributed by atoms with Gasteiger partial charge in [0.1, 0.15) is 5.82 Å². The molecule has 22 heavy (non-hydrogen) atoms. The molecule has 9 heteroatoms. The fourth-order valence-electron chi connectivity index (χ4n) is 2.37. The summed E-state index contributed by atoms with van der Waals surface area (Å²) in [5, 5.41) is 3.18. The lowest BCUT2D eigenvalue weighted by atomic mass is 10.2. The van der Waals surface area contributed by atoms with Crippen molar-refractivity contribution in [3.63, 3.8) is 0 Å². The maximum atomic E-state index is 12.1. The summed E-state index contributed by atoms with van der Waals surface area (Å²) >= 11 is 0. The quantitative estimate of drug-likeness (QED) is 0.713. The van der Waals surface area contributed by atoms with Gasteiger partial charge in [-0.3, -0.25) is 4.79 Å². The molecule has 1 aliphatic heterocycles. The molecule has 0 spiro atoms. The highest BCUT2D eigenvalue weighted by Gasteiger charge is 2.24. The number of amides is 1. The largest absolute Gasteiger partial charge is 0.341 e. The SMILES string of the molecule is Cc1nc(S(=O)(=O)NCCC(=O)N(C)C2CCNC2)cn1C. The van der Waals surface area contributed by atoms with E-state index in [1.165, 1.54) is 6.20 Å². The molecule has 2 rings (SSSR count). The number of aromatic nitrogens is 2. The zero-order chi connectivity index (χ0) is 16.3. The average Bonchev–Trinajstić information content (AvgIpc) is 3.09. The lowest BCUT2D eigenvalue weighted by molar-refractivity contribution is -0.131. The van der Waals surface area contributed by atoms with E-state index in [4.69, 9.17) is 0 Å². The molecule has 1 aromatic heterocycles. The van der Waals surface area contributed by atoms with Crippen molar-refractivity contribution in [2.24, 2.45) is 7.05 Å². The number of hydrogen-bond donors (Lipinski definition) is 2. The number of rotatable bonds is 6. The van der Waals surface area contributed by atoms with E-state index < -0.39 is 10.0 Å². The first-order valence-corrected chi connectivity index (χ1v) is 8.75. The maximum absolute atomic E-state index is 12.1. The Kier molecular flexibility index (Phi) is 5.20. The van der Waals surface area contributed by atoms with Gasteiger partial charge in [-0.2, -0.15) is 0 Å². The van der Waals surface area contributed by atoms with Crippen LogP contribution in [0.25, 0.3) is 0 Å². The fraction of sp³-hybridized carbons (Fsp3) is 0.692. The van der Waals surface area contributed by atoms with E-state index in [2.05, 4.69) is 15.0 Å². The van der Waals surface area contributed by atoms with Gasteiger partial charge in [0.25, 0.3) is 10.0 Å². The molecule has 1 aliphatic rings. The second kappa shape index (κ2) is 6.76. The highest BCUT2D eigenvalue weighted by Crippen LogP contribution is 2.09. The third-order valence-electron chi connectivity index (χ3n) is 3.97. The fourth-order valence-corrected chi connectivity index (χ4v) is 3.44. The van der Waals surface area contributed by atoms with Gasteiger partial charge in [-0.1, -0.05) is 0 Å². The summed E-state index contributed by atoms with van der Waals surface area (Å²) in [6, 6.07) is 0.197. The van der Waals surface area contributed by atoms with E-state index in [0.717, 1.165) is 19.5 Å². The van der Waals surface area contributed by atoms with Crippen molar-refractivity contribution < 1.29 is 13.2 Å². The van der Waals surface area contributed by atoms with Crippen molar-refractivity contribution in [1.82, 2.24) is 24.5 Å². The lowest BCUT2D eigenvalue weighted by Crippen LogP contribution is -2.40. The summed E-state index contributed by atoms with van der Waals surface area (Å²) in [5.74, 6) is 0.554. The van der Waals surface area contributed by atoms with Crippen LogP contribution in [0.4, 0.5) is 0 Å². The second-order valence-electron chi connectivity index (χ2n) is 5.54. The molecule has 0 aliphatic carbocycles. The Balaban J connectivity index is 1.85. The Morgan fingerprint density at radius 3 is 2.86 bits per heavy atom. The number of nitrogens with one attached hydrogen (secondary N) is 2. The summed E-state index contributed by atoms with van der Waals surface area (Å²) < 4.78 is 28.2. The zero-order valence-electron chi connectivity index (χ0n) is 13.2. The highest BCUT2D eigenvalue weighted by molar-refractivity contribution is 7.89. The predicted molar refractivity (Wildman–Crippen MR) is 81.8 cm³/mol. The van der Waals surface area contributed by atoms with Crippen LogP contribution in [-0.2, 0) is 21.9 Å². The van der Waals surface area contributed by atoms with Crippen LogP contribution < -0.4 is 10.0 Å². The smallest absolute Gasteiger partial charge is 0.259 e. The molecule has 2 heterocycles. The zero-order valence-corrected chi connectivity index (χ0v) is 14.0. The molecule has 2 N–H and O–H groups in total. The second-order valence-corrected chi connectivity index (χ2v) is 7.25. The van der Waals surface area contributed by atoms with Crippen molar-refractivity contribution in [2.45, 2.75) is 30.8 Å². The van der Waals surface area contributed by atoms with E-state index >= 15 is 0 Å². The van der Waals surface area contributed by atoms with Gasteiger partial charge in [-0.15, -0.1) is 0 Å². The highest BCUT2D eigenvalue weighted by atomic mass is 32.2. The van der Waals surface area contributed by atoms with Gasteiger partial charge in [0, 0.05) is 45.8 Å². The predicted octanol–water partition coefficient (Wildman–Crippen LogP) is -0.783. The van der Waals surface area contributed by atoms with Gasteiger partial charge in [0.05, 0.1) is 0 Å². The van der Waals surface area contributed by atoms with Crippen LogP contribution in [0.5, 0.6) is 0 Å². The topological polar surface area (TPSA) is 96.3 Å². The molecular formula is C13H23N5O3S. The van der Waals surface area contributed by atoms with Crippen LogP contribution in [-0.4, -0.2) is 61.5 Å². The maximum Gasteiger partial charge on any atom is 0.259 e. The number of sulfonamides is 1. The van der Waals surface area contributed by atoms with Crippen LogP contribution in [0, 0.1) is 6.92 Å². The van der Waals surface area contributed by atoms with Crippen LogP contribution in [0.15, 0.2) is 11.2 Å². The molecule has 0 bridgehead atoms. The van der Waals surface area contributed by atoms with E-state index in [1.54, 1.807) is 30.5 Å². The molecular weight excluding hydrogens is 306 g/mol. The Hall–Kier alpha value is -1.45. The van der Waals surface area contributed by atoms with E-state index in [1.807, 2.05) is 0 Å². The lowest BCUT2D eigenvalue weighted by Gasteiger charge is -2.23. The van der Waals surface area contributed by atoms with Crippen molar-refractivity contribution in [3.8, 4) is 0 Å². The number of imidazole rings is 1. The van der Waals surface area contributed by atoms with Crippen LogP contribution in [0.2, 0.25) is 0 Å². The van der Waals surface area contributed by atoms with Crippen molar-refractivity contribution in [1.29, 1.82) is 0 Å². The third kappa shape index (κ3) is 3.84. The molecule has 1 aromatic rings. The van der Waals surface area contributed by atoms with Crippen LogP contribution in [0.3, 0.4) is 0 Å². The van der Waals surface area contributed by atoms with Gasteiger partial charge in [-0.05, 0) is 19.9 Å². The van der Waals surface area contributed by atoms with Crippen LogP contribution in [0.1, 0.15) is 18.7 Å². The Bertz CT molecular complexity index is 615. The van der Waals surface area contributed by atoms with Gasteiger partial charge in [0.2, 0.25) is 5.91 Å². The van der Waals surface area contributed by atoms with Crippen LogP contribution >= 0.6 is 0 Å². The summed E-state index contributed by atoms with van der Waals surface area (Å²) in [5.41, 5.74) is 0. The molecule has 1 fully saturated rings. The Morgan fingerprint density at radius 1 is 1.59 bits per heavy atom. The van der Waals surface area contributed by atoms with Gasteiger partial charge < -0.3 is 14.8 Å². The molecule has 0 radical (unpaired) electrons. The summed E-state index contributed by atoms with van der Waals surface area (Å²) in [6.45, 7) is 3.50. The minimum absolute atomic E-state index is 0.0201. The van der Waals surface area contributed by atoms with E-state index in [0.29, 0.717) is 5.82 Å². The number of hydrogen-bond acceptors (Lipinski definition) is 5. The monoisotopic (exact) mass is 329 g/mol. The number of carbonyl (C=O) groups excluding carboxylic acids is 1. The van der Waals surface area contributed by atoms with Gasteiger partial charge >= 0.3 is 0 Å². The van der Waals surface area contributed by atoms with Gasteiger partial charge in [0.15, 0.2) is 5.03 Å². The minimum Gasteiger partial charge on any atom is -0.341 e. The van der Waals surface area contributed by atoms with E-state index in [9.17, 15) is 13.2 Å². The molecule has 1 amide bonds. The molecule has 8 nitrogen and oxygen atoms in total. The normalized spacial score (nSPS) is 18.6. The molecule has 1 atom stereocenters. The molecule has 1 unspecified atom stereocenters. The number of nitrogens with zero attached hydrogens (tertiary/aromatic N) is 3. The van der Waals surface area contributed by atoms with Crippen molar-refractivity contribution in [2.75, 3.05) is 26.7 Å². The number of likely N-dealkylation sites (N-methyl/N-ethyl adjacent to an activating group) is 1. The molecule has 0 saturated carbocycles. The number of carbonyl (C=O) groups is 1. The molecule has 0 aromatic carbocycles.